The maximum atomic E-state index is 12.5. The third-order valence-electron chi connectivity index (χ3n) is 4.68. The summed E-state index contributed by atoms with van der Waals surface area (Å²) < 4.78 is 0. The monoisotopic (exact) mass is 330 g/mol. The molecular weight excluding hydrogens is 308 g/mol. The van der Waals surface area contributed by atoms with Crippen LogP contribution in [0.2, 0.25) is 0 Å². The minimum atomic E-state index is -0.512. The number of hydrogen-bond acceptors (Lipinski definition) is 4. The van der Waals surface area contributed by atoms with Crippen molar-refractivity contribution in [2.75, 3.05) is 31.1 Å². The summed E-state index contributed by atoms with van der Waals surface area (Å²) in [6, 6.07) is 9.29. The summed E-state index contributed by atoms with van der Waals surface area (Å²) in [5, 5.41) is 4.88. The number of nitrogens with zero attached hydrogens (tertiary/aromatic N) is 2. The molecule has 0 aliphatic carbocycles. The summed E-state index contributed by atoms with van der Waals surface area (Å²) in [6.45, 7) is 4.59. The SMILES string of the molecule is CC1NC(=O)NC(=O)C1CC(=O)N1CCN(c2ccccc2)CC1. The van der Waals surface area contributed by atoms with Gasteiger partial charge in [-0.1, -0.05) is 18.2 Å². The first kappa shape index (κ1) is 16.3. The number of benzene rings is 1. The Morgan fingerprint density at radius 1 is 1.12 bits per heavy atom. The van der Waals surface area contributed by atoms with Crippen molar-refractivity contribution in [3.05, 3.63) is 30.3 Å². The average molecular weight is 330 g/mol. The van der Waals surface area contributed by atoms with E-state index in [4.69, 9.17) is 0 Å². The molecule has 2 aliphatic heterocycles. The van der Waals surface area contributed by atoms with Crippen LogP contribution in [0.1, 0.15) is 13.3 Å². The molecule has 0 saturated carbocycles. The summed E-state index contributed by atoms with van der Waals surface area (Å²) >= 11 is 0. The minimum absolute atomic E-state index is 0.0362. The van der Waals surface area contributed by atoms with E-state index in [1.54, 1.807) is 11.8 Å². The van der Waals surface area contributed by atoms with Gasteiger partial charge in [0.2, 0.25) is 11.8 Å². The first-order valence-corrected chi connectivity index (χ1v) is 8.24. The normalized spacial score (nSPS) is 24.4. The lowest BCUT2D eigenvalue weighted by Crippen LogP contribution is -2.58. The van der Waals surface area contributed by atoms with Crippen LogP contribution in [0.4, 0.5) is 10.5 Å². The molecule has 2 atom stereocenters. The Kier molecular flexibility index (Phi) is 4.69. The molecule has 128 valence electrons. The van der Waals surface area contributed by atoms with E-state index >= 15 is 0 Å². The van der Waals surface area contributed by atoms with E-state index in [1.807, 2.05) is 18.2 Å². The van der Waals surface area contributed by atoms with E-state index in [0.717, 1.165) is 18.8 Å². The molecule has 7 nitrogen and oxygen atoms in total. The maximum Gasteiger partial charge on any atom is 0.321 e. The van der Waals surface area contributed by atoms with Crippen molar-refractivity contribution in [2.24, 2.45) is 5.92 Å². The zero-order chi connectivity index (χ0) is 17.1. The van der Waals surface area contributed by atoms with Gasteiger partial charge in [0.05, 0.1) is 5.92 Å². The van der Waals surface area contributed by atoms with Crippen LogP contribution in [0.3, 0.4) is 0 Å². The lowest BCUT2D eigenvalue weighted by molar-refractivity contribution is -0.137. The van der Waals surface area contributed by atoms with Crippen molar-refractivity contribution in [1.29, 1.82) is 0 Å². The summed E-state index contributed by atoms with van der Waals surface area (Å²) in [7, 11) is 0. The fourth-order valence-electron chi connectivity index (χ4n) is 3.21. The van der Waals surface area contributed by atoms with Crippen molar-refractivity contribution in [2.45, 2.75) is 19.4 Å². The second-order valence-corrected chi connectivity index (χ2v) is 6.27. The smallest absolute Gasteiger partial charge is 0.321 e. The van der Waals surface area contributed by atoms with Gasteiger partial charge in [-0.3, -0.25) is 14.9 Å². The molecule has 0 radical (unpaired) electrons. The third kappa shape index (κ3) is 3.50. The Morgan fingerprint density at radius 3 is 2.42 bits per heavy atom. The van der Waals surface area contributed by atoms with Crippen LogP contribution in [0, 0.1) is 5.92 Å². The molecule has 0 spiro atoms. The van der Waals surface area contributed by atoms with E-state index in [-0.39, 0.29) is 24.3 Å². The van der Waals surface area contributed by atoms with E-state index in [1.165, 1.54) is 0 Å². The number of para-hydroxylation sites is 1. The van der Waals surface area contributed by atoms with Gasteiger partial charge in [-0.2, -0.15) is 0 Å². The molecule has 2 unspecified atom stereocenters. The summed E-state index contributed by atoms with van der Waals surface area (Å²) in [5.74, 6) is -0.921. The predicted molar refractivity (Wildman–Crippen MR) is 89.5 cm³/mol. The molecule has 2 heterocycles. The van der Waals surface area contributed by atoms with Crippen LogP contribution in [-0.2, 0) is 9.59 Å². The van der Waals surface area contributed by atoms with E-state index in [2.05, 4.69) is 27.7 Å². The van der Waals surface area contributed by atoms with Gasteiger partial charge in [-0.25, -0.2) is 4.79 Å². The second-order valence-electron chi connectivity index (χ2n) is 6.27. The minimum Gasteiger partial charge on any atom is -0.368 e. The van der Waals surface area contributed by atoms with Gasteiger partial charge in [0.15, 0.2) is 0 Å². The van der Waals surface area contributed by atoms with Crippen molar-refractivity contribution < 1.29 is 14.4 Å². The Labute approximate surface area is 141 Å². The molecule has 7 heteroatoms. The first-order valence-electron chi connectivity index (χ1n) is 8.24. The molecule has 1 aromatic rings. The topological polar surface area (TPSA) is 81.8 Å². The Balaban J connectivity index is 1.54. The number of amides is 4. The summed E-state index contributed by atoms with van der Waals surface area (Å²) in [6.07, 6.45) is 0.124. The fourth-order valence-corrected chi connectivity index (χ4v) is 3.21. The number of urea groups is 1. The second kappa shape index (κ2) is 6.90. The van der Waals surface area contributed by atoms with Crippen molar-refractivity contribution in [3.63, 3.8) is 0 Å². The van der Waals surface area contributed by atoms with Crippen molar-refractivity contribution in [3.8, 4) is 0 Å². The lowest BCUT2D eigenvalue weighted by atomic mass is 9.94. The molecular formula is C17H22N4O3. The van der Waals surface area contributed by atoms with E-state index < -0.39 is 11.9 Å². The number of carbonyl (C=O) groups excluding carboxylic acids is 3. The zero-order valence-corrected chi connectivity index (χ0v) is 13.7. The molecule has 1 aromatic carbocycles. The molecule has 2 saturated heterocycles. The molecule has 2 aliphatic rings. The van der Waals surface area contributed by atoms with E-state index in [0.29, 0.717) is 13.1 Å². The van der Waals surface area contributed by atoms with Crippen LogP contribution < -0.4 is 15.5 Å². The predicted octanol–water partition coefficient (Wildman–Crippen LogP) is 0.569. The van der Waals surface area contributed by atoms with Gasteiger partial charge in [0.25, 0.3) is 0 Å². The Bertz CT molecular complexity index is 626. The molecule has 2 fully saturated rings. The van der Waals surface area contributed by atoms with Gasteiger partial charge in [0, 0.05) is 44.3 Å². The number of rotatable bonds is 3. The number of piperazine rings is 1. The van der Waals surface area contributed by atoms with Crippen LogP contribution in [0.25, 0.3) is 0 Å². The Hall–Kier alpha value is -2.57. The van der Waals surface area contributed by atoms with Gasteiger partial charge in [0.1, 0.15) is 0 Å². The molecule has 3 rings (SSSR count). The van der Waals surface area contributed by atoms with Crippen LogP contribution in [0.5, 0.6) is 0 Å². The Morgan fingerprint density at radius 2 is 1.79 bits per heavy atom. The number of hydrogen-bond donors (Lipinski definition) is 2. The van der Waals surface area contributed by atoms with Crippen LogP contribution in [-0.4, -0.2) is 55.0 Å². The van der Waals surface area contributed by atoms with E-state index in [9.17, 15) is 14.4 Å². The highest BCUT2D eigenvalue weighted by atomic mass is 16.2. The molecule has 4 amide bonds. The lowest BCUT2D eigenvalue weighted by Gasteiger charge is -2.37. The van der Waals surface area contributed by atoms with Gasteiger partial charge >= 0.3 is 6.03 Å². The standard InChI is InChI=1S/C17H22N4O3/c1-12-14(16(23)19-17(24)18-12)11-15(22)21-9-7-20(8-10-21)13-5-3-2-4-6-13/h2-6,12,14H,7-11H2,1H3,(H2,18,19,23,24). The highest BCUT2D eigenvalue weighted by Gasteiger charge is 2.35. The molecule has 0 aromatic heterocycles. The van der Waals surface area contributed by atoms with Crippen molar-refractivity contribution >= 4 is 23.5 Å². The van der Waals surface area contributed by atoms with Crippen molar-refractivity contribution in [1.82, 2.24) is 15.5 Å². The van der Waals surface area contributed by atoms with Gasteiger partial charge in [-0.15, -0.1) is 0 Å². The zero-order valence-electron chi connectivity index (χ0n) is 13.7. The molecule has 24 heavy (non-hydrogen) atoms. The van der Waals surface area contributed by atoms with Crippen LogP contribution >= 0.6 is 0 Å². The average Bonchev–Trinajstić information content (AvgIpc) is 2.59. The highest BCUT2D eigenvalue weighted by Crippen LogP contribution is 2.18. The third-order valence-corrected chi connectivity index (χ3v) is 4.68. The highest BCUT2D eigenvalue weighted by molar-refractivity contribution is 6.00. The van der Waals surface area contributed by atoms with Gasteiger partial charge in [-0.05, 0) is 19.1 Å². The molecule has 0 bridgehead atoms. The number of anilines is 1. The number of carbonyl (C=O) groups is 3. The number of nitrogens with one attached hydrogen (secondary N) is 2. The fraction of sp³-hybridized carbons (Fsp3) is 0.471. The quantitative estimate of drug-likeness (QED) is 0.849. The largest absolute Gasteiger partial charge is 0.368 e. The van der Waals surface area contributed by atoms with Gasteiger partial charge < -0.3 is 15.1 Å². The number of imide groups is 1. The molecule has 2 N–H and O–H groups in total. The summed E-state index contributed by atoms with van der Waals surface area (Å²) in [5.41, 5.74) is 1.16. The first-order chi connectivity index (χ1) is 11.5. The summed E-state index contributed by atoms with van der Waals surface area (Å²) in [4.78, 5) is 39.7. The van der Waals surface area contributed by atoms with Crippen LogP contribution in [0.15, 0.2) is 30.3 Å². The maximum absolute atomic E-state index is 12.5.